The second kappa shape index (κ2) is 7.94. The SMILES string of the molecule is CC(C)(CCc1ccncc1)NCC(O)c1ccc(O)c2c1OCC(=O)N2. The number of nitrogens with one attached hydrogen (secondary N) is 2. The van der Waals surface area contributed by atoms with Crippen molar-refractivity contribution in [2.24, 2.45) is 0 Å². The number of hydrogen-bond donors (Lipinski definition) is 4. The number of carbonyl (C=O) groups excluding carboxylic acids is 1. The summed E-state index contributed by atoms with van der Waals surface area (Å²) in [5, 5.41) is 26.5. The first-order chi connectivity index (χ1) is 12.9. The van der Waals surface area contributed by atoms with Crippen LogP contribution in [0.3, 0.4) is 0 Å². The molecule has 0 bridgehead atoms. The summed E-state index contributed by atoms with van der Waals surface area (Å²) >= 11 is 0. The Bertz CT molecular complexity index is 808. The largest absolute Gasteiger partial charge is 0.506 e. The minimum absolute atomic E-state index is 0.0837. The van der Waals surface area contributed by atoms with E-state index in [1.807, 2.05) is 12.1 Å². The molecule has 1 aromatic carbocycles. The second-order valence-corrected chi connectivity index (χ2v) is 7.35. The van der Waals surface area contributed by atoms with Gasteiger partial charge < -0.3 is 25.6 Å². The molecule has 4 N–H and O–H groups in total. The van der Waals surface area contributed by atoms with E-state index in [-0.39, 0.29) is 29.5 Å². The van der Waals surface area contributed by atoms with E-state index < -0.39 is 6.10 Å². The molecule has 2 heterocycles. The topological polar surface area (TPSA) is 104 Å². The summed E-state index contributed by atoms with van der Waals surface area (Å²) in [5.74, 6) is -0.0991. The Kier molecular flexibility index (Phi) is 5.62. The molecule has 2 aromatic rings. The molecule has 1 amide bonds. The number of aliphatic hydroxyl groups is 1. The Hall–Kier alpha value is -2.64. The maximum atomic E-state index is 11.5. The van der Waals surface area contributed by atoms with Crippen LogP contribution in [0.25, 0.3) is 0 Å². The molecular formula is C20H25N3O4. The van der Waals surface area contributed by atoms with Gasteiger partial charge in [-0.2, -0.15) is 0 Å². The van der Waals surface area contributed by atoms with Crippen molar-refractivity contribution >= 4 is 11.6 Å². The van der Waals surface area contributed by atoms with Gasteiger partial charge in [-0.3, -0.25) is 9.78 Å². The van der Waals surface area contributed by atoms with Gasteiger partial charge in [-0.05, 0) is 56.5 Å². The van der Waals surface area contributed by atoms with E-state index in [1.165, 1.54) is 11.6 Å². The summed E-state index contributed by atoms with van der Waals surface area (Å²) in [7, 11) is 0. The van der Waals surface area contributed by atoms with Crippen LogP contribution in [0, 0.1) is 0 Å². The van der Waals surface area contributed by atoms with E-state index in [1.54, 1.807) is 18.5 Å². The van der Waals surface area contributed by atoms with E-state index >= 15 is 0 Å². The molecule has 0 spiro atoms. The number of amides is 1. The van der Waals surface area contributed by atoms with Gasteiger partial charge in [0.05, 0.1) is 6.10 Å². The molecule has 1 atom stereocenters. The van der Waals surface area contributed by atoms with Crippen LogP contribution >= 0.6 is 0 Å². The standard InChI is InChI=1S/C20H25N3O4/c1-20(2,8-5-13-6-9-21-10-7-13)22-11-16(25)14-3-4-15(24)18-19(14)27-12-17(26)23-18/h3-4,6-7,9-10,16,22,24-25H,5,8,11-12H2,1-2H3,(H,23,26). The van der Waals surface area contributed by atoms with Gasteiger partial charge in [-0.25, -0.2) is 0 Å². The second-order valence-electron chi connectivity index (χ2n) is 7.35. The predicted molar refractivity (Wildman–Crippen MR) is 102 cm³/mol. The molecule has 7 nitrogen and oxygen atoms in total. The number of β-amino-alcohol motifs (C(OH)–C–C–N with tert-alkyl or cyclic N) is 1. The maximum Gasteiger partial charge on any atom is 0.262 e. The Balaban J connectivity index is 1.63. The van der Waals surface area contributed by atoms with Gasteiger partial charge in [-0.15, -0.1) is 0 Å². The fourth-order valence-electron chi connectivity index (χ4n) is 3.02. The van der Waals surface area contributed by atoms with Crippen molar-refractivity contribution < 1.29 is 19.7 Å². The third-order valence-corrected chi connectivity index (χ3v) is 4.70. The first kappa shape index (κ1) is 19.1. The van der Waals surface area contributed by atoms with Crippen LogP contribution in [0.2, 0.25) is 0 Å². The lowest BCUT2D eigenvalue weighted by atomic mass is 9.95. The van der Waals surface area contributed by atoms with Gasteiger partial charge in [0, 0.05) is 30.0 Å². The van der Waals surface area contributed by atoms with E-state index in [9.17, 15) is 15.0 Å². The summed E-state index contributed by atoms with van der Waals surface area (Å²) in [4.78, 5) is 15.5. The van der Waals surface area contributed by atoms with Gasteiger partial charge in [0.25, 0.3) is 5.91 Å². The fraction of sp³-hybridized carbons (Fsp3) is 0.400. The minimum Gasteiger partial charge on any atom is -0.506 e. The normalized spacial score (nSPS) is 14.9. The lowest BCUT2D eigenvalue weighted by molar-refractivity contribution is -0.118. The van der Waals surface area contributed by atoms with E-state index in [0.29, 0.717) is 17.9 Å². The molecular weight excluding hydrogens is 346 g/mol. The summed E-state index contributed by atoms with van der Waals surface area (Å²) in [6.07, 6.45) is 4.53. The number of aromatic nitrogens is 1. The van der Waals surface area contributed by atoms with E-state index in [2.05, 4.69) is 29.5 Å². The summed E-state index contributed by atoms with van der Waals surface area (Å²) in [6, 6.07) is 7.06. The minimum atomic E-state index is -0.838. The average Bonchev–Trinajstić information content (AvgIpc) is 2.66. The van der Waals surface area contributed by atoms with Crippen molar-refractivity contribution in [3.8, 4) is 11.5 Å². The molecule has 0 radical (unpaired) electrons. The van der Waals surface area contributed by atoms with Gasteiger partial charge in [0.15, 0.2) is 12.4 Å². The number of anilines is 1. The molecule has 0 saturated heterocycles. The Morgan fingerprint density at radius 2 is 2.04 bits per heavy atom. The number of fused-ring (bicyclic) bond motifs is 1. The van der Waals surface area contributed by atoms with Gasteiger partial charge in [-0.1, -0.05) is 0 Å². The molecule has 0 aliphatic carbocycles. The van der Waals surface area contributed by atoms with E-state index in [4.69, 9.17) is 4.74 Å². The smallest absolute Gasteiger partial charge is 0.262 e. The molecule has 1 aromatic heterocycles. The van der Waals surface area contributed by atoms with Crippen LogP contribution < -0.4 is 15.4 Å². The number of benzene rings is 1. The number of nitrogens with zero attached hydrogens (tertiary/aromatic N) is 1. The Labute approximate surface area is 158 Å². The number of rotatable bonds is 7. The van der Waals surface area contributed by atoms with Crippen molar-refractivity contribution in [1.82, 2.24) is 10.3 Å². The lowest BCUT2D eigenvalue weighted by Gasteiger charge is -2.29. The first-order valence-corrected chi connectivity index (χ1v) is 8.96. The third kappa shape index (κ3) is 4.75. The highest BCUT2D eigenvalue weighted by Crippen LogP contribution is 2.41. The summed E-state index contributed by atoms with van der Waals surface area (Å²) < 4.78 is 5.44. The average molecular weight is 371 g/mol. The number of pyridine rings is 1. The number of carbonyl (C=O) groups is 1. The molecule has 7 heteroatoms. The van der Waals surface area contributed by atoms with Crippen LogP contribution in [0.1, 0.15) is 37.5 Å². The molecule has 1 aliphatic rings. The highest BCUT2D eigenvalue weighted by molar-refractivity contribution is 5.97. The van der Waals surface area contributed by atoms with Crippen molar-refractivity contribution in [2.45, 2.75) is 38.3 Å². The van der Waals surface area contributed by atoms with Crippen LogP contribution in [0.4, 0.5) is 5.69 Å². The number of hydrogen-bond acceptors (Lipinski definition) is 6. The molecule has 1 unspecified atom stereocenters. The zero-order valence-corrected chi connectivity index (χ0v) is 15.5. The van der Waals surface area contributed by atoms with Crippen molar-refractivity contribution in [3.05, 3.63) is 47.8 Å². The van der Waals surface area contributed by atoms with Crippen molar-refractivity contribution in [2.75, 3.05) is 18.5 Å². The van der Waals surface area contributed by atoms with Crippen LogP contribution in [0.15, 0.2) is 36.7 Å². The van der Waals surface area contributed by atoms with Crippen LogP contribution in [0.5, 0.6) is 11.5 Å². The van der Waals surface area contributed by atoms with Crippen LogP contribution in [-0.4, -0.2) is 39.8 Å². The zero-order chi connectivity index (χ0) is 19.4. The van der Waals surface area contributed by atoms with Crippen molar-refractivity contribution in [3.63, 3.8) is 0 Å². The number of aliphatic hydroxyl groups excluding tert-OH is 1. The molecule has 1 aliphatic heterocycles. The maximum absolute atomic E-state index is 11.5. The predicted octanol–water partition coefficient (Wildman–Crippen LogP) is 2.15. The van der Waals surface area contributed by atoms with E-state index in [0.717, 1.165) is 12.8 Å². The number of phenols is 1. The molecule has 144 valence electrons. The van der Waals surface area contributed by atoms with Gasteiger partial charge in [0.2, 0.25) is 0 Å². The molecule has 3 rings (SSSR count). The monoisotopic (exact) mass is 371 g/mol. The molecule has 0 fully saturated rings. The first-order valence-electron chi connectivity index (χ1n) is 8.96. The molecule has 27 heavy (non-hydrogen) atoms. The quantitative estimate of drug-likeness (QED) is 0.556. The summed E-state index contributed by atoms with van der Waals surface area (Å²) in [6.45, 7) is 4.35. The summed E-state index contributed by atoms with van der Waals surface area (Å²) in [5.41, 5.74) is 1.77. The number of ether oxygens (including phenoxy) is 1. The Morgan fingerprint density at radius 1 is 1.30 bits per heavy atom. The lowest BCUT2D eigenvalue weighted by Crippen LogP contribution is -2.42. The number of aryl methyl sites for hydroxylation is 1. The third-order valence-electron chi connectivity index (χ3n) is 4.70. The number of aromatic hydroxyl groups is 1. The fourth-order valence-corrected chi connectivity index (χ4v) is 3.02. The highest BCUT2D eigenvalue weighted by atomic mass is 16.5. The highest BCUT2D eigenvalue weighted by Gasteiger charge is 2.26. The van der Waals surface area contributed by atoms with Gasteiger partial charge in [0.1, 0.15) is 11.4 Å². The van der Waals surface area contributed by atoms with Crippen LogP contribution in [-0.2, 0) is 11.2 Å². The molecule has 0 saturated carbocycles. The zero-order valence-electron chi connectivity index (χ0n) is 15.5. The van der Waals surface area contributed by atoms with Gasteiger partial charge >= 0.3 is 0 Å². The Morgan fingerprint density at radius 3 is 2.78 bits per heavy atom. The number of phenolic OH excluding ortho intramolecular Hbond substituents is 1. The van der Waals surface area contributed by atoms with Crippen molar-refractivity contribution in [1.29, 1.82) is 0 Å².